The summed E-state index contributed by atoms with van der Waals surface area (Å²) < 4.78 is 11.5. The average Bonchev–Trinajstić information content (AvgIpc) is 2.56. The summed E-state index contributed by atoms with van der Waals surface area (Å²) >= 11 is 0. The molecule has 0 atom stereocenters. The fourth-order valence-electron chi connectivity index (χ4n) is 2.04. The number of pyridine rings is 1. The third-order valence-corrected chi connectivity index (χ3v) is 3.01. The first-order chi connectivity index (χ1) is 12.0. The third kappa shape index (κ3) is 5.91. The largest absolute Gasteiger partial charge is 0.491 e. The highest BCUT2D eigenvalue weighted by Crippen LogP contribution is 2.25. The molecule has 25 heavy (non-hydrogen) atoms. The SMILES string of the molecule is CC(C)Oc1ccc(/C=N/NC(=O)c2cccnc2)c(OC(C)C)c1. The van der Waals surface area contributed by atoms with Crippen molar-refractivity contribution in [2.24, 2.45) is 5.10 Å². The average molecular weight is 341 g/mol. The van der Waals surface area contributed by atoms with Crippen LogP contribution in [0.4, 0.5) is 0 Å². The minimum absolute atomic E-state index is 0.00596. The second kappa shape index (κ2) is 8.82. The lowest BCUT2D eigenvalue weighted by atomic mass is 10.2. The lowest BCUT2D eigenvalue weighted by Crippen LogP contribution is -2.17. The second-order valence-electron chi connectivity index (χ2n) is 5.97. The molecule has 1 aromatic heterocycles. The van der Waals surface area contributed by atoms with Crippen molar-refractivity contribution in [3.63, 3.8) is 0 Å². The molecule has 6 nitrogen and oxygen atoms in total. The molecular weight excluding hydrogens is 318 g/mol. The highest BCUT2D eigenvalue weighted by atomic mass is 16.5. The van der Waals surface area contributed by atoms with E-state index in [9.17, 15) is 4.79 Å². The minimum Gasteiger partial charge on any atom is -0.491 e. The zero-order valence-electron chi connectivity index (χ0n) is 14.9. The molecule has 1 N–H and O–H groups in total. The van der Waals surface area contributed by atoms with Crippen LogP contribution in [0.3, 0.4) is 0 Å². The van der Waals surface area contributed by atoms with Gasteiger partial charge in [0.15, 0.2) is 0 Å². The molecule has 0 spiro atoms. The van der Waals surface area contributed by atoms with Gasteiger partial charge in [-0.15, -0.1) is 0 Å². The van der Waals surface area contributed by atoms with Gasteiger partial charge in [0.25, 0.3) is 5.91 Å². The topological polar surface area (TPSA) is 72.8 Å². The third-order valence-electron chi connectivity index (χ3n) is 3.01. The molecule has 2 rings (SSSR count). The molecule has 0 aliphatic heterocycles. The van der Waals surface area contributed by atoms with Crippen molar-refractivity contribution in [1.29, 1.82) is 0 Å². The van der Waals surface area contributed by atoms with Crippen molar-refractivity contribution in [2.45, 2.75) is 39.9 Å². The molecule has 1 aromatic carbocycles. The number of carbonyl (C=O) groups is 1. The predicted molar refractivity (Wildman–Crippen MR) is 97.3 cm³/mol. The Morgan fingerprint density at radius 1 is 1.16 bits per heavy atom. The van der Waals surface area contributed by atoms with Crippen LogP contribution >= 0.6 is 0 Å². The van der Waals surface area contributed by atoms with E-state index in [-0.39, 0.29) is 18.1 Å². The number of aromatic nitrogens is 1. The van der Waals surface area contributed by atoms with Crippen LogP contribution in [-0.2, 0) is 0 Å². The number of hydrazone groups is 1. The molecule has 2 aromatic rings. The first-order valence-electron chi connectivity index (χ1n) is 8.16. The van der Waals surface area contributed by atoms with Crippen LogP contribution in [0.15, 0.2) is 47.8 Å². The van der Waals surface area contributed by atoms with Gasteiger partial charge < -0.3 is 9.47 Å². The molecule has 0 aliphatic rings. The first-order valence-corrected chi connectivity index (χ1v) is 8.16. The van der Waals surface area contributed by atoms with E-state index < -0.39 is 0 Å². The lowest BCUT2D eigenvalue weighted by molar-refractivity contribution is 0.0954. The predicted octanol–water partition coefficient (Wildman–Crippen LogP) is 3.42. The molecular formula is C19H23N3O3. The zero-order chi connectivity index (χ0) is 18.2. The van der Waals surface area contributed by atoms with E-state index in [0.29, 0.717) is 11.3 Å². The van der Waals surface area contributed by atoms with Gasteiger partial charge >= 0.3 is 0 Å². The molecule has 0 saturated carbocycles. The molecule has 0 unspecified atom stereocenters. The number of amides is 1. The molecule has 0 aliphatic carbocycles. The highest BCUT2D eigenvalue weighted by molar-refractivity contribution is 5.94. The number of nitrogens with one attached hydrogen (secondary N) is 1. The Morgan fingerprint density at radius 3 is 2.56 bits per heavy atom. The van der Waals surface area contributed by atoms with Gasteiger partial charge in [-0.2, -0.15) is 5.10 Å². The molecule has 0 saturated heterocycles. The van der Waals surface area contributed by atoms with Crippen LogP contribution in [0.2, 0.25) is 0 Å². The van der Waals surface area contributed by atoms with Crippen LogP contribution in [0.5, 0.6) is 11.5 Å². The van der Waals surface area contributed by atoms with Gasteiger partial charge in [-0.25, -0.2) is 5.43 Å². The van der Waals surface area contributed by atoms with Gasteiger partial charge in [-0.3, -0.25) is 9.78 Å². The van der Waals surface area contributed by atoms with Crippen LogP contribution in [0.1, 0.15) is 43.6 Å². The Morgan fingerprint density at radius 2 is 1.92 bits per heavy atom. The Bertz CT molecular complexity index is 728. The quantitative estimate of drug-likeness (QED) is 0.619. The van der Waals surface area contributed by atoms with E-state index >= 15 is 0 Å². The molecule has 1 amide bonds. The second-order valence-corrected chi connectivity index (χ2v) is 5.97. The Hall–Kier alpha value is -2.89. The fourth-order valence-corrected chi connectivity index (χ4v) is 2.04. The van der Waals surface area contributed by atoms with Crippen molar-refractivity contribution in [3.05, 3.63) is 53.9 Å². The summed E-state index contributed by atoms with van der Waals surface area (Å²) in [5.74, 6) is 1.05. The van der Waals surface area contributed by atoms with Crippen LogP contribution in [0.25, 0.3) is 0 Å². The maximum atomic E-state index is 12.0. The van der Waals surface area contributed by atoms with Gasteiger partial charge in [-0.1, -0.05) is 0 Å². The summed E-state index contributed by atoms with van der Waals surface area (Å²) in [5.41, 5.74) is 3.67. The van der Waals surface area contributed by atoms with Crippen molar-refractivity contribution in [1.82, 2.24) is 10.4 Å². The minimum atomic E-state index is -0.324. The van der Waals surface area contributed by atoms with Gasteiger partial charge in [0, 0.05) is 24.0 Å². The van der Waals surface area contributed by atoms with Crippen molar-refractivity contribution in [2.75, 3.05) is 0 Å². The maximum Gasteiger partial charge on any atom is 0.272 e. The monoisotopic (exact) mass is 341 g/mol. The summed E-state index contributed by atoms with van der Waals surface area (Å²) in [7, 11) is 0. The van der Waals surface area contributed by atoms with Crippen LogP contribution in [-0.4, -0.2) is 29.3 Å². The number of hydrogen-bond donors (Lipinski definition) is 1. The number of ether oxygens (including phenoxy) is 2. The summed E-state index contributed by atoms with van der Waals surface area (Å²) in [6.07, 6.45) is 4.72. The summed E-state index contributed by atoms with van der Waals surface area (Å²) in [5, 5.41) is 4.00. The lowest BCUT2D eigenvalue weighted by Gasteiger charge is -2.15. The van der Waals surface area contributed by atoms with Crippen molar-refractivity contribution < 1.29 is 14.3 Å². The number of carbonyl (C=O) groups excluding carboxylic acids is 1. The number of benzene rings is 1. The summed E-state index contributed by atoms with van der Waals surface area (Å²) in [4.78, 5) is 15.9. The molecule has 1 heterocycles. The van der Waals surface area contributed by atoms with Crippen LogP contribution in [0, 0.1) is 0 Å². The standard InChI is InChI=1S/C19H23N3O3/c1-13(2)24-17-8-7-15(18(10-17)25-14(3)4)12-21-22-19(23)16-6-5-9-20-11-16/h5-14H,1-4H3,(H,22,23)/b21-12+. The van der Waals surface area contributed by atoms with E-state index in [4.69, 9.17) is 9.47 Å². The zero-order valence-corrected chi connectivity index (χ0v) is 14.9. The normalized spacial score (nSPS) is 11.1. The van der Waals surface area contributed by atoms with E-state index in [1.165, 1.54) is 6.20 Å². The Balaban J connectivity index is 2.12. The molecule has 132 valence electrons. The van der Waals surface area contributed by atoms with E-state index in [1.807, 2.05) is 45.9 Å². The van der Waals surface area contributed by atoms with E-state index in [1.54, 1.807) is 24.5 Å². The molecule has 0 radical (unpaired) electrons. The van der Waals surface area contributed by atoms with E-state index in [0.717, 1.165) is 11.3 Å². The van der Waals surface area contributed by atoms with Gasteiger partial charge in [-0.05, 0) is 52.0 Å². The van der Waals surface area contributed by atoms with Gasteiger partial charge in [0.2, 0.25) is 0 Å². The highest BCUT2D eigenvalue weighted by Gasteiger charge is 2.08. The summed E-state index contributed by atoms with van der Waals surface area (Å²) in [6.45, 7) is 7.82. The van der Waals surface area contributed by atoms with Crippen molar-refractivity contribution in [3.8, 4) is 11.5 Å². The van der Waals surface area contributed by atoms with Gasteiger partial charge in [0.05, 0.1) is 24.0 Å². The Labute approximate surface area is 147 Å². The number of hydrogen-bond acceptors (Lipinski definition) is 5. The summed E-state index contributed by atoms with van der Waals surface area (Å²) in [6, 6.07) is 8.88. The molecule has 0 bridgehead atoms. The maximum absolute atomic E-state index is 12.0. The Kier molecular flexibility index (Phi) is 6.51. The number of nitrogens with zero attached hydrogens (tertiary/aromatic N) is 2. The van der Waals surface area contributed by atoms with E-state index in [2.05, 4.69) is 15.5 Å². The molecule has 0 fully saturated rings. The first kappa shape index (κ1) is 18.4. The van der Waals surface area contributed by atoms with Crippen molar-refractivity contribution >= 4 is 12.1 Å². The van der Waals surface area contributed by atoms with Crippen LogP contribution < -0.4 is 14.9 Å². The molecule has 6 heteroatoms. The smallest absolute Gasteiger partial charge is 0.272 e. The van der Waals surface area contributed by atoms with Gasteiger partial charge in [0.1, 0.15) is 11.5 Å². The number of rotatable bonds is 7. The fraction of sp³-hybridized carbons (Fsp3) is 0.316.